The number of nitrogens with two attached hydrogens (primary N) is 1. The number of fused-ring (bicyclic) bond motifs is 3. The van der Waals surface area contributed by atoms with E-state index in [1.54, 1.807) is 19.1 Å². The number of aliphatic hydroxyl groups is 2. The SMILES string of the molecule is COC1C(N)CC(OC2CC(O)(C(=O)CO)Cc3c(O)c4c(c(O)c32)C(=O)c2ccccc2C4=O)OC1C. The Labute approximate surface area is 217 Å². The van der Waals surface area contributed by atoms with Crippen molar-refractivity contribution in [2.75, 3.05) is 13.7 Å². The van der Waals surface area contributed by atoms with Gasteiger partial charge < -0.3 is 40.4 Å². The minimum atomic E-state index is -2.19. The van der Waals surface area contributed by atoms with E-state index in [9.17, 15) is 34.8 Å². The lowest BCUT2D eigenvalue weighted by molar-refractivity contribution is -0.250. The molecule has 3 aliphatic rings. The van der Waals surface area contributed by atoms with E-state index >= 15 is 0 Å². The quantitative estimate of drug-likeness (QED) is 0.293. The largest absolute Gasteiger partial charge is 0.507 e. The highest BCUT2D eigenvalue weighted by Crippen LogP contribution is 2.52. The molecule has 2 aliphatic carbocycles. The van der Waals surface area contributed by atoms with Crippen molar-refractivity contribution in [2.24, 2.45) is 5.73 Å². The summed E-state index contributed by atoms with van der Waals surface area (Å²) in [7, 11) is 1.50. The Morgan fingerprint density at radius 1 is 1.13 bits per heavy atom. The molecule has 6 N–H and O–H groups in total. The fourth-order valence-electron chi connectivity index (χ4n) is 5.87. The first-order valence-electron chi connectivity index (χ1n) is 12.3. The second-order valence-corrected chi connectivity index (χ2v) is 10.0. The zero-order valence-corrected chi connectivity index (χ0v) is 20.8. The normalized spacial score (nSPS) is 30.4. The average molecular weight is 528 g/mol. The zero-order chi connectivity index (χ0) is 27.5. The van der Waals surface area contributed by atoms with Crippen LogP contribution in [0.15, 0.2) is 24.3 Å². The van der Waals surface area contributed by atoms with Crippen molar-refractivity contribution in [3.63, 3.8) is 0 Å². The molecule has 0 saturated carbocycles. The van der Waals surface area contributed by atoms with E-state index in [0.29, 0.717) is 0 Å². The zero-order valence-electron chi connectivity index (χ0n) is 20.8. The van der Waals surface area contributed by atoms with E-state index in [1.165, 1.54) is 19.2 Å². The highest BCUT2D eigenvalue weighted by Gasteiger charge is 2.50. The number of Topliss-reactive ketones (excluding diaryl/α,β-unsaturated/α-hetero) is 1. The van der Waals surface area contributed by atoms with Gasteiger partial charge in [-0.25, -0.2) is 0 Å². The maximum absolute atomic E-state index is 13.4. The molecular weight excluding hydrogens is 498 g/mol. The van der Waals surface area contributed by atoms with Gasteiger partial charge in [0.1, 0.15) is 23.7 Å². The minimum Gasteiger partial charge on any atom is -0.507 e. The van der Waals surface area contributed by atoms with Gasteiger partial charge in [0.15, 0.2) is 23.6 Å². The Kier molecular flexibility index (Phi) is 6.62. The van der Waals surface area contributed by atoms with Crippen LogP contribution >= 0.6 is 0 Å². The number of ketones is 3. The summed E-state index contributed by atoms with van der Waals surface area (Å²) < 4.78 is 17.4. The molecule has 5 rings (SSSR count). The van der Waals surface area contributed by atoms with Crippen LogP contribution < -0.4 is 5.73 Å². The van der Waals surface area contributed by atoms with Gasteiger partial charge in [0.05, 0.1) is 29.4 Å². The fourth-order valence-corrected chi connectivity index (χ4v) is 5.87. The number of aromatic hydroxyl groups is 2. The summed E-state index contributed by atoms with van der Waals surface area (Å²) in [6.45, 7) is 0.754. The lowest BCUT2D eigenvalue weighted by Crippen LogP contribution is -2.53. The van der Waals surface area contributed by atoms with Gasteiger partial charge in [-0.05, 0) is 6.92 Å². The van der Waals surface area contributed by atoms with Crippen molar-refractivity contribution in [3.05, 3.63) is 57.6 Å². The van der Waals surface area contributed by atoms with Crippen LogP contribution in [0.4, 0.5) is 0 Å². The molecule has 1 fully saturated rings. The standard InChI is InChI=1S/C27H29NO10/c1-11-26(36-2)15(28)7-18(37-11)38-16-9-27(35,17(30)10-29)8-14-19(16)25(34)21-20(24(14)33)22(31)12-5-3-4-6-13(12)23(21)32/h3-6,11,15-16,18,26,29,33-35H,7-10,28H2,1-2H3. The number of benzene rings is 2. The number of carbonyl (C=O) groups is 3. The van der Waals surface area contributed by atoms with Crippen LogP contribution in [0.25, 0.3) is 0 Å². The summed E-state index contributed by atoms with van der Waals surface area (Å²) >= 11 is 0. The Morgan fingerprint density at radius 2 is 1.74 bits per heavy atom. The van der Waals surface area contributed by atoms with Crippen LogP contribution in [0.1, 0.15) is 68.8 Å². The van der Waals surface area contributed by atoms with Crippen LogP contribution in [0.2, 0.25) is 0 Å². The van der Waals surface area contributed by atoms with E-state index in [-0.39, 0.29) is 34.2 Å². The second kappa shape index (κ2) is 9.53. The third kappa shape index (κ3) is 3.94. The molecule has 11 nitrogen and oxygen atoms in total. The number of hydrogen-bond acceptors (Lipinski definition) is 11. The first-order valence-corrected chi connectivity index (χ1v) is 12.3. The Balaban J connectivity index is 1.65. The number of hydrogen-bond donors (Lipinski definition) is 5. The van der Waals surface area contributed by atoms with Gasteiger partial charge in [-0.1, -0.05) is 24.3 Å². The predicted octanol–water partition coefficient (Wildman–Crippen LogP) is 0.647. The second-order valence-electron chi connectivity index (χ2n) is 10.0. The third-order valence-electron chi connectivity index (χ3n) is 7.74. The summed E-state index contributed by atoms with van der Waals surface area (Å²) in [5.74, 6) is -3.52. The monoisotopic (exact) mass is 527 g/mol. The molecule has 11 heteroatoms. The average Bonchev–Trinajstić information content (AvgIpc) is 2.88. The van der Waals surface area contributed by atoms with Crippen LogP contribution in [0.3, 0.4) is 0 Å². The molecule has 2 aromatic carbocycles. The van der Waals surface area contributed by atoms with Gasteiger partial charge in [-0.3, -0.25) is 14.4 Å². The number of rotatable bonds is 5. The van der Waals surface area contributed by atoms with Crippen LogP contribution in [-0.2, 0) is 25.4 Å². The number of phenolic OH excluding ortho intramolecular Hbond substituents is 2. The summed E-state index contributed by atoms with van der Waals surface area (Å²) in [4.78, 5) is 39.3. The van der Waals surface area contributed by atoms with E-state index in [4.69, 9.17) is 19.9 Å². The van der Waals surface area contributed by atoms with Gasteiger partial charge >= 0.3 is 0 Å². The number of methoxy groups -OCH3 is 1. The van der Waals surface area contributed by atoms with E-state index < -0.39 is 90.1 Å². The fraction of sp³-hybridized carbons (Fsp3) is 0.444. The molecule has 6 unspecified atom stereocenters. The van der Waals surface area contributed by atoms with Gasteiger partial charge in [0, 0.05) is 54.7 Å². The smallest absolute Gasteiger partial charge is 0.198 e. The van der Waals surface area contributed by atoms with Crippen molar-refractivity contribution in [1.82, 2.24) is 0 Å². The van der Waals surface area contributed by atoms with Crippen molar-refractivity contribution in [2.45, 2.75) is 62.4 Å². The highest BCUT2D eigenvalue weighted by molar-refractivity contribution is 6.30. The van der Waals surface area contributed by atoms with Gasteiger partial charge in [0.2, 0.25) is 0 Å². The van der Waals surface area contributed by atoms with Crippen molar-refractivity contribution >= 4 is 17.3 Å². The predicted molar refractivity (Wildman–Crippen MR) is 130 cm³/mol. The van der Waals surface area contributed by atoms with Crippen molar-refractivity contribution < 1.29 is 49.0 Å². The molecule has 6 atom stereocenters. The molecule has 1 saturated heterocycles. The van der Waals surface area contributed by atoms with E-state index in [2.05, 4.69) is 0 Å². The van der Waals surface area contributed by atoms with Gasteiger partial charge in [-0.15, -0.1) is 0 Å². The number of ether oxygens (including phenoxy) is 3. The lowest BCUT2D eigenvalue weighted by atomic mass is 9.72. The molecule has 0 bridgehead atoms. The van der Waals surface area contributed by atoms with E-state index in [0.717, 1.165) is 0 Å². The molecule has 2 aromatic rings. The number of carbonyl (C=O) groups excluding carboxylic acids is 3. The Morgan fingerprint density at radius 3 is 2.29 bits per heavy atom. The van der Waals surface area contributed by atoms with E-state index in [1.807, 2.05) is 0 Å². The van der Waals surface area contributed by atoms with Crippen molar-refractivity contribution in [1.29, 1.82) is 0 Å². The third-order valence-corrected chi connectivity index (χ3v) is 7.74. The highest BCUT2D eigenvalue weighted by atomic mass is 16.7. The molecule has 1 heterocycles. The van der Waals surface area contributed by atoms with Crippen LogP contribution in [-0.4, -0.2) is 81.6 Å². The minimum absolute atomic E-state index is 0.0455. The Bertz CT molecular complexity index is 1330. The number of aliphatic hydroxyl groups excluding tert-OH is 1. The molecule has 202 valence electrons. The Hall–Kier alpha value is -3.19. The van der Waals surface area contributed by atoms with Gasteiger partial charge in [-0.2, -0.15) is 0 Å². The van der Waals surface area contributed by atoms with Crippen LogP contribution in [0.5, 0.6) is 11.5 Å². The number of phenols is 2. The first kappa shape index (κ1) is 26.4. The lowest BCUT2D eigenvalue weighted by Gasteiger charge is -2.42. The maximum Gasteiger partial charge on any atom is 0.198 e. The molecule has 0 amide bonds. The van der Waals surface area contributed by atoms with Gasteiger partial charge in [0.25, 0.3) is 0 Å². The summed E-state index contributed by atoms with van der Waals surface area (Å²) in [5, 5.41) is 43.5. The summed E-state index contributed by atoms with van der Waals surface area (Å²) in [6, 6.07) is 5.55. The van der Waals surface area contributed by atoms with Crippen molar-refractivity contribution in [3.8, 4) is 11.5 Å². The first-order chi connectivity index (χ1) is 18.0. The molecule has 0 aromatic heterocycles. The maximum atomic E-state index is 13.4. The molecular formula is C27H29NO10. The molecule has 0 spiro atoms. The molecule has 38 heavy (non-hydrogen) atoms. The molecule has 0 radical (unpaired) electrons. The summed E-state index contributed by atoms with van der Waals surface area (Å²) in [6.07, 6.45) is -3.87. The topological polar surface area (TPSA) is 186 Å². The van der Waals surface area contributed by atoms with Crippen LogP contribution in [0, 0.1) is 0 Å². The molecule has 1 aliphatic heterocycles. The summed E-state index contributed by atoms with van der Waals surface area (Å²) in [5.41, 5.74) is 3.17.